The zero-order chi connectivity index (χ0) is 21.5. The van der Waals surface area contributed by atoms with Crippen molar-refractivity contribution < 1.29 is 19.4 Å². The molecule has 1 aliphatic carbocycles. The summed E-state index contributed by atoms with van der Waals surface area (Å²) in [6.07, 6.45) is 5.22. The van der Waals surface area contributed by atoms with Crippen molar-refractivity contribution in [2.45, 2.75) is 50.7 Å². The standard InChI is InChI=1S/C22H27ClN2O4S/c1-29-19-12-15(9-10-18(19)26)21(22(28)24-16-6-3-2-4-7-16)25(20(27)13-23)14-17-8-5-11-30-17/h5,8-12,16,21,26H,2-4,6-7,13-14H2,1H3,(H,24,28). The van der Waals surface area contributed by atoms with E-state index in [1.54, 1.807) is 12.1 Å². The zero-order valence-corrected chi connectivity index (χ0v) is 18.5. The van der Waals surface area contributed by atoms with Crippen LogP contribution in [0.2, 0.25) is 0 Å². The second-order valence-electron chi connectivity index (χ2n) is 7.41. The van der Waals surface area contributed by atoms with Gasteiger partial charge in [-0.05, 0) is 42.0 Å². The molecule has 0 saturated heterocycles. The van der Waals surface area contributed by atoms with E-state index in [1.807, 2.05) is 17.5 Å². The van der Waals surface area contributed by atoms with Crippen LogP contribution in [0.1, 0.15) is 48.6 Å². The minimum Gasteiger partial charge on any atom is -0.504 e. The molecule has 2 aromatic rings. The first-order valence-electron chi connectivity index (χ1n) is 10.1. The van der Waals surface area contributed by atoms with E-state index in [4.69, 9.17) is 16.3 Å². The fourth-order valence-corrected chi connectivity index (χ4v) is 4.69. The Morgan fingerprint density at radius 3 is 2.70 bits per heavy atom. The van der Waals surface area contributed by atoms with E-state index in [1.165, 1.54) is 35.8 Å². The quantitative estimate of drug-likeness (QED) is 0.590. The molecular weight excluding hydrogens is 424 g/mol. The number of rotatable bonds is 8. The minimum absolute atomic E-state index is 0.0267. The van der Waals surface area contributed by atoms with E-state index in [2.05, 4.69) is 5.32 Å². The third kappa shape index (κ3) is 5.46. The number of hydrogen-bond acceptors (Lipinski definition) is 5. The molecule has 2 N–H and O–H groups in total. The third-order valence-corrected chi connectivity index (χ3v) is 6.46. The van der Waals surface area contributed by atoms with Crippen molar-refractivity contribution in [3.8, 4) is 11.5 Å². The van der Waals surface area contributed by atoms with Gasteiger partial charge in [0.15, 0.2) is 11.5 Å². The van der Waals surface area contributed by atoms with Crippen LogP contribution in [0.5, 0.6) is 11.5 Å². The lowest BCUT2D eigenvalue weighted by Crippen LogP contribution is -2.47. The van der Waals surface area contributed by atoms with Crippen molar-refractivity contribution in [2.75, 3.05) is 13.0 Å². The second-order valence-corrected chi connectivity index (χ2v) is 8.71. The normalized spacial score (nSPS) is 15.4. The molecule has 1 aromatic carbocycles. The molecule has 0 spiro atoms. The molecule has 8 heteroatoms. The lowest BCUT2D eigenvalue weighted by Gasteiger charge is -2.33. The number of halogens is 1. The number of alkyl halides is 1. The predicted molar refractivity (Wildman–Crippen MR) is 118 cm³/mol. The summed E-state index contributed by atoms with van der Waals surface area (Å²) < 4.78 is 5.23. The summed E-state index contributed by atoms with van der Waals surface area (Å²) in [4.78, 5) is 28.7. The van der Waals surface area contributed by atoms with Gasteiger partial charge in [0.25, 0.3) is 0 Å². The van der Waals surface area contributed by atoms with Crippen LogP contribution in [0.4, 0.5) is 0 Å². The zero-order valence-electron chi connectivity index (χ0n) is 17.0. The second kappa shape index (κ2) is 10.7. The summed E-state index contributed by atoms with van der Waals surface area (Å²) in [6, 6.07) is 7.77. The molecule has 162 valence electrons. The Morgan fingerprint density at radius 2 is 2.07 bits per heavy atom. The lowest BCUT2D eigenvalue weighted by atomic mass is 9.94. The molecular formula is C22H27ClN2O4S. The molecule has 30 heavy (non-hydrogen) atoms. The summed E-state index contributed by atoms with van der Waals surface area (Å²) >= 11 is 7.43. The van der Waals surface area contributed by atoms with E-state index < -0.39 is 6.04 Å². The van der Waals surface area contributed by atoms with Crippen molar-refractivity contribution >= 4 is 34.8 Å². The Balaban J connectivity index is 1.97. The molecule has 1 aromatic heterocycles. The number of nitrogens with one attached hydrogen (secondary N) is 1. The average molecular weight is 451 g/mol. The summed E-state index contributed by atoms with van der Waals surface area (Å²) in [5.74, 6) is -0.586. The first-order chi connectivity index (χ1) is 14.5. The maximum Gasteiger partial charge on any atom is 0.247 e. The molecule has 3 rings (SSSR count). The van der Waals surface area contributed by atoms with Crippen molar-refractivity contribution in [2.24, 2.45) is 0 Å². The van der Waals surface area contributed by atoms with Crippen LogP contribution in [0, 0.1) is 0 Å². The predicted octanol–water partition coefficient (Wildman–Crippen LogP) is 4.22. The molecule has 2 amide bonds. The average Bonchev–Trinajstić information content (AvgIpc) is 3.27. The molecule has 0 radical (unpaired) electrons. The molecule has 1 heterocycles. The Kier molecular flexibility index (Phi) is 7.99. The Hall–Kier alpha value is -2.25. The van der Waals surface area contributed by atoms with Crippen molar-refractivity contribution in [1.29, 1.82) is 0 Å². The van der Waals surface area contributed by atoms with Crippen molar-refractivity contribution in [3.63, 3.8) is 0 Å². The van der Waals surface area contributed by atoms with Crippen molar-refractivity contribution in [3.05, 3.63) is 46.2 Å². The minimum atomic E-state index is -0.880. The van der Waals surface area contributed by atoms with Gasteiger partial charge in [-0.25, -0.2) is 0 Å². The van der Waals surface area contributed by atoms with E-state index in [-0.39, 0.29) is 41.8 Å². The number of phenols is 1. The Labute approximate surface area is 185 Å². The fourth-order valence-electron chi connectivity index (χ4n) is 3.83. The van der Waals surface area contributed by atoms with Gasteiger partial charge in [0, 0.05) is 10.9 Å². The largest absolute Gasteiger partial charge is 0.504 e. The van der Waals surface area contributed by atoms with Crippen molar-refractivity contribution in [1.82, 2.24) is 10.2 Å². The highest BCUT2D eigenvalue weighted by atomic mass is 35.5. The molecule has 0 aliphatic heterocycles. The fraction of sp³-hybridized carbons (Fsp3) is 0.455. The smallest absolute Gasteiger partial charge is 0.247 e. The van der Waals surface area contributed by atoms with Gasteiger partial charge < -0.3 is 20.1 Å². The lowest BCUT2D eigenvalue weighted by molar-refractivity contribution is -0.140. The number of benzene rings is 1. The van der Waals surface area contributed by atoms with E-state index in [0.29, 0.717) is 5.56 Å². The molecule has 0 bridgehead atoms. The molecule has 1 atom stereocenters. The highest BCUT2D eigenvalue weighted by Gasteiger charge is 2.33. The number of nitrogens with zero attached hydrogens (tertiary/aromatic N) is 1. The van der Waals surface area contributed by atoms with Crippen LogP contribution in [0.25, 0.3) is 0 Å². The number of ether oxygens (including phenoxy) is 1. The number of amides is 2. The summed E-state index contributed by atoms with van der Waals surface area (Å²) in [5.41, 5.74) is 0.563. The number of carbonyl (C=O) groups excluding carboxylic acids is 2. The SMILES string of the molecule is COc1cc(C(C(=O)NC2CCCCC2)N(Cc2cccs2)C(=O)CCl)ccc1O. The number of carbonyl (C=O) groups is 2. The molecule has 1 saturated carbocycles. The molecule has 1 aliphatic rings. The molecule has 1 unspecified atom stereocenters. The van der Waals surface area contributed by atoms with Crippen LogP contribution >= 0.6 is 22.9 Å². The van der Waals surface area contributed by atoms with Gasteiger partial charge in [-0.1, -0.05) is 31.4 Å². The van der Waals surface area contributed by atoms with Gasteiger partial charge in [-0.15, -0.1) is 22.9 Å². The Bertz CT molecular complexity index is 853. The molecule has 1 fully saturated rings. The van der Waals surface area contributed by atoms with Gasteiger partial charge >= 0.3 is 0 Å². The highest BCUT2D eigenvalue weighted by molar-refractivity contribution is 7.09. The Morgan fingerprint density at radius 1 is 1.30 bits per heavy atom. The first-order valence-corrected chi connectivity index (χ1v) is 11.5. The van der Waals surface area contributed by atoms with Crippen LogP contribution < -0.4 is 10.1 Å². The number of aromatic hydroxyl groups is 1. The monoisotopic (exact) mass is 450 g/mol. The number of methoxy groups -OCH3 is 1. The van der Waals surface area contributed by atoms with Gasteiger partial charge in [0.2, 0.25) is 11.8 Å². The van der Waals surface area contributed by atoms with Gasteiger partial charge in [0.05, 0.1) is 13.7 Å². The van der Waals surface area contributed by atoms with Crippen LogP contribution in [-0.4, -0.2) is 40.9 Å². The molecule has 6 nitrogen and oxygen atoms in total. The maximum absolute atomic E-state index is 13.4. The first kappa shape index (κ1) is 22.4. The van der Waals surface area contributed by atoms with Gasteiger partial charge in [0.1, 0.15) is 11.9 Å². The summed E-state index contributed by atoms with van der Waals surface area (Å²) in [7, 11) is 1.45. The summed E-state index contributed by atoms with van der Waals surface area (Å²) in [6.45, 7) is 0.273. The topological polar surface area (TPSA) is 78.9 Å². The van der Waals surface area contributed by atoms with Gasteiger partial charge in [-0.3, -0.25) is 9.59 Å². The van der Waals surface area contributed by atoms with E-state index in [0.717, 1.165) is 30.6 Å². The summed E-state index contributed by atoms with van der Waals surface area (Å²) in [5, 5.41) is 15.1. The number of hydrogen-bond donors (Lipinski definition) is 2. The van der Waals surface area contributed by atoms with Crippen LogP contribution in [0.15, 0.2) is 35.7 Å². The number of phenolic OH excluding ortho intramolecular Hbond substituents is 1. The third-order valence-electron chi connectivity index (χ3n) is 5.37. The van der Waals surface area contributed by atoms with Crippen LogP contribution in [-0.2, 0) is 16.1 Å². The van der Waals surface area contributed by atoms with E-state index >= 15 is 0 Å². The van der Waals surface area contributed by atoms with Gasteiger partial charge in [-0.2, -0.15) is 0 Å². The van der Waals surface area contributed by atoms with Crippen LogP contribution in [0.3, 0.4) is 0 Å². The van der Waals surface area contributed by atoms with E-state index in [9.17, 15) is 14.7 Å². The maximum atomic E-state index is 13.4. The number of thiophene rings is 1. The highest BCUT2D eigenvalue weighted by Crippen LogP contribution is 2.33.